The van der Waals surface area contributed by atoms with E-state index in [2.05, 4.69) is 60.4 Å². The summed E-state index contributed by atoms with van der Waals surface area (Å²) in [5.41, 5.74) is 5.55. The molecule has 1 aliphatic heterocycles. The Bertz CT molecular complexity index is 491. The van der Waals surface area contributed by atoms with Gasteiger partial charge >= 0.3 is 0 Å². The molecular weight excluding hydrogens is 194 g/mol. The first-order valence-electron chi connectivity index (χ1n) is 5.84. The fourth-order valence-electron chi connectivity index (χ4n) is 2.44. The Labute approximate surface area is 96.4 Å². The van der Waals surface area contributed by atoms with Crippen LogP contribution in [0.4, 0.5) is 5.69 Å². The van der Waals surface area contributed by atoms with E-state index in [1.54, 1.807) is 0 Å². The first kappa shape index (κ1) is 9.46. The maximum atomic E-state index is 2.37. The average Bonchev–Trinajstić information content (AvgIpc) is 2.90. The predicted octanol–water partition coefficient (Wildman–Crippen LogP) is 3.67. The monoisotopic (exact) mass is 209 g/mol. The summed E-state index contributed by atoms with van der Waals surface area (Å²) >= 11 is 0. The zero-order chi connectivity index (χ0) is 11.0. The van der Waals surface area contributed by atoms with E-state index in [1.165, 1.54) is 22.5 Å². The van der Waals surface area contributed by atoms with Gasteiger partial charge in [0, 0.05) is 17.9 Å². The molecule has 80 valence electrons. The van der Waals surface area contributed by atoms with Crippen molar-refractivity contribution in [2.45, 2.75) is 13.3 Å². The van der Waals surface area contributed by atoms with Crippen LogP contribution in [0.2, 0.25) is 0 Å². The van der Waals surface area contributed by atoms with Crippen molar-refractivity contribution >= 4 is 5.69 Å². The van der Waals surface area contributed by atoms with Crippen molar-refractivity contribution in [1.29, 1.82) is 0 Å². The SMILES string of the molecule is CCC1=CC=C2C1=CCN2c1ccccc1. The van der Waals surface area contributed by atoms with E-state index in [4.69, 9.17) is 0 Å². The van der Waals surface area contributed by atoms with Crippen molar-refractivity contribution in [3.8, 4) is 0 Å². The van der Waals surface area contributed by atoms with Gasteiger partial charge in [0.2, 0.25) is 0 Å². The molecule has 0 atom stereocenters. The third kappa shape index (κ3) is 1.32. The van der Waals surface area contributed by atoms with Gasteiger partial charge in [-0.1, -0.05) is 37.3 Å². The fourth-order valence-corrected chi connectivity index (χ4v) is 2.44. The van der Waals surface area contributed by atoms with Gasteiger partial charge in [-0.15, -0.1) is 0 Å². The lowest BCUT2D eigenvalue weighted by Gasteiger charge is -2.20. The molecule has 0 amide bonds. The summed E-state index contributed by atoms with van der Waals surface area (Å²) in [6.45, 7) is 3.22. The van der Waals surface area contributed by atoms with Crippen molar-refractivity contribution in [1.82, 2.24) is 0 Å². The van der Waals surface area contributed by atoms with E-state index >= 15 is 0 Å². The number of benzene rings is 1. The molecule has 1 aromatic rings. The van der Waals surface area contributed by atoms with Crippen LogP contribution in [0.5, 0.6) is 0 Å². The van der Waals surface area contributed by atoms with Crippen LogP contribution >= 0.6 is 0 Å². The molecule has 0 unspecified atom stereocenters. The minimum Gasteiger partial charge on any atom is -0.337 e. The number of rotatable bonds is 2. The molecule has 2 aliphatic rings. The van der Waals surface area contributed by atoms with Gasteiger partial charge < -0.3 is 4.90 Å². The van der Waals surface area contributed by atoms with Gasteiger partial charge in [-0.05, 0) is 35.8 Å². The number of para-hydroxylation sites is 1. The number of hydrogen-bond acceptors (Lipinski definition) is 1. The molecule has 1 nitrogen and oxygen atoms in total. The van der Waals surface area contributed by atoms with Crippen molar-refractivity contribution in [3.63, 3.8) is 0 Å². The zero-order valence-corrected chi connectivity index (χ0v) is 9.48. The van der Waals surface area contributed by atoms with Crippen LogP contribution in [-0.4, -0.2) is 6.54 Å². The molecule has 0 aromatic heterocycles. The molecule has 0 radical (unpaired) electrons. The Balaban J connectivity index is 1.91. The first-order valence-corrected chi connectivity index (χ1v) is 5.84. The molecule has 0 spiro atoms. The summed E-state index contributed by atoms with van der Waals surface area (Å²) in [5.74, 6) is 0. The normalized spacial score (nSPS) is 18.1. The molecule has 1 heterocycles. The average molecular weight is 209 g/mol. The molecule has 0 saturated carbocycles. The number of hydrogen-bond donors (Lipinski definition) is 0. The van der Waals surface area contributed by atoms with E-state index in [0.29, 0.717) is 0 Å². The standard InChI is InChI=1S/C15H15N/c1-2-12-8-9-15-14(12)10-11-16(15)13-6-4-3-5-7-13/h3-10H,2,11H2,1H3. The molecule has 0 bridgehead atoms. The summed E-state index contributed by atoms with van der Waals surface area (Å²) in [6.07, 6.45) is 7.94. The van der Waals surface area contributed by atoms with Crippen molar-refractivity contribution in [3.05, 3.63) is 65.4 Å². The lowest BCUT2D eigenvalue weighted by atomic mass is 10.1. The van der Waals surface area contributed by atoms with Crippen molar-refractivity contribution in [2.24, 2.45) is 0 Å². The smallest absolute Gasteiger partial charge is 0.0487 e. The van der Waals surface area contributed by atoms with Gasteiger partial charge in [0.05, 0.1) is 0 Å². The number of allylic oxidation sites excluding steroid dienone is 3. The molecule has 0 fully saturated rings. The summed E-state index contributed by atoms with van der Waals surface area (Å²) in [6, 6.07) is 10.6. The number of anilines is 1. The second-order valence-electron chi connectivity index (χ2n) is 4.16. The summed E-state index contributed by atoms with van der Waals surface area (Å²) in [5, 5.41) is 0. The zero-order valence-electron chi connectivity index (χ0n) is 9.48. The third-order valence-electron chi connectivity index (χ3n) is 3.28. The minimum absolute atomic E-state index is 1.00. The Morgan fingerprint density at radius 2 is 1.94 bits per heavy atom. The van der Waals surface area contributed by atoms with Gasteiger partial charge in [0.1, 0.15) is 0 Å². The van der Waals surface area contributed by atoms with Crippen LogP contribution in [-0.2, 0) is 0 Å². The topological polar surface area (TPSA) is 3.24 Å². The van der Waals surface area contributed by atoms with Gasteiger partial charge in [0.15, 0.2) is 0 Å². The first-order chi connectivity index (χ1) is 7.90. The summed E-state index contributed by atoms with van der Waals surface area (Å²) in [7, 11) is 0. The van der Waals surface area contributed by atoms with Crippen molar-refractivity contribution in [2.75, 3.05) is 11.4 Å². The van der Waals surface area contributed by atoms with Crippen LogP contribution in [0, 0.1) is 0 Å². The maximum Gasteiger partial charge on any atom is 0.0487 e. The highest BCUT2D eigenvalue weighted by Gasteiger charge is 2.25. The van der Waals surface area contributed by atoms with E-state index in [1.807, 2.05) is 0 Å². The van der Waals surface area contributed by atoms with Crippen LogP contribution in [0.25, 0.3) is 0 Å². The molecule has 16 heavy (non-hydrogen) atoms. The second kappa shape index (κ2) is 3.67. The highest BCUT2D eigenvalue weighted by molar-refractivity contribution is 5.69. The summed E-state index contributed by atoms with van der Waals surface area (Å²) < 4.78 is 0. The van der Waals surface area contributed by atoms with E-state index in [9.17, 15) is 0 Å². The highest BCUT2D eigenvalue weighted by atomic mass is 15.2. The maximum absolute atomic E-state index is 2.37. The van der Waals surface area contributed by atoms with Gasteiger partial charge in [-0.25, -0.2) is 0 Å². The van der Waals surface area contributed by atoms with Crippen LogP contribution in [0.15, 0.2) is 65.4 Å². The quantitative estimate of drug-likeness (QED) is 0.718. The van der Waals surface area contributed by atoms with Crippen molar-refractivity contribution < 1.29 is 0 Å². The van der Waals surface area contributed by atoms with Crippen LogP contribution < -0.4 is 4.90 Å². The lowest BCUT2D eigenvalue weighted by molar-refractivity contribution is 1.08. The Morgan fingerprint density at radius 3 is 2.69 bits per heavy atom. The van der Waals surface area contributed by atoms with Gasteiger partial charge in [0.25, 0.3) is 0 Å². The van der Waals surface area contributed by atoms with Crippen LogP contribution in [0.3, 0.4) is 0 Å². The highest BCUT2D eigenvalue weighted by Crippen LogP contribution is 2.37. The molecule has 3 rings (SSSR count). The predicted molar refractivity (Wildman–Crippen MR) is 68.3 cm³/mol. The number of fused-ring (bicyclic) bond motifs is 1. The van der Waals surface area contributed by atoms with E-state index < -0.39 is 0 Å². The Morgan fingerprint density at radius 1 is 1.12 bits per heavy atom. The van der Waals surface area contributed by atoms with E-state index in [-0.39, 0.29) is 0 Å². The number of nitrogens with zero attached hydrogens (tertiary/aromatic N) is 1. The van der Waals surface area contributed by atoms with Gasteiger partial charge in [-0.2, -0.15) is 0 Å². The Kier molecular flexibility index (Phi) is 2.17. The lowest BCUT2D eigenvalue weighted by Crippen LogP contribution is -2.17. The minimum atomic E-state index is 1.00. The summed E-state index contributed by atoms with van der Waals surface area (Å²) in [4.78, 5) is 2.37. The molecule has 1 aliphatic carbocycles. The fraction of sp³-hybridized carbons (Fsp3) is 0.200. The largest absolute Gasteiger partial charge is 0.337 e. The van der Waals surface area contributed by atoms with E-state index in [0.717, 1.165) is 13.0 Å². The molecule has 1 aromatic carbocycles. The Hall–Kier alpha value is -1.76. The second-order valence-corrected chi connectivity index (χ2v) is 4.16. The molecule has 0 saturated heterocycles. The molecular formula is C15H15N. The molecule has 0 N–H and O–H groups in total. The molecule has 1 heteroatoms. The van der Waals surface area contributed by atoms with Crippen LogP contribution in [0.1, 0.15) is 13.3 Å². The third-order valence-corrected chi connectivity index (χ3v) is 3.28. The van der Waals surface area contributed by atoms with Gasteiger partial charge in [-0.3, -0.25) is 0 Å².